The Hall–Kier alpha value is -2.45. The number of aromatic nitrogens is 3. The molecule has 0 unspecified atom stereocenters. The molecule has 0 atom stereocenters. The predicted octanol–water partition coefficient (Wildman–Crippen LogP) is 3.41. The second-order valence-electron chi connectivity index (χ2n) is 6.05. The van der Waals surface area contributed by atoms with Gasteiger partial charge in [0.25, 0.3) is 0 Å². The van der Waals surface area contributed by atoms with E-state index in [1.54, 1.807) is 11.3 Å². The zero-order chi connectivity index (χ0) is 17.1. The second kappa shape index (κ2) is 7.20. The van der Waals surface area contributed by atoms with Crippen LogP contribution in [0.15, 0.2) is 34.3 Å². The number of nitrogens with zero attached hydrogens (tertiary/aromatic N) is 3. The number of piperidine rings is 1. The minimum absolute atomic E-state index is 0.414. The maximum absolute atomic E-state index is 5.08. The molecule has 0 bridgehead atoms. The van der Waals surface area contributed by atoms with E-state index in [4.69, 9.17) is 9.51 Å². The number of nitrogens with one attached hydrogen (secondary N) is 3. The highest BCUT2D eigenvalue weighted by atomic mass is 32.1. The highest BCUT2D eigenvalue weighted by Crippen LogP contribution is 2.31. The third-order valence-electron chi connectivity index (χ3n) is 4.12. The lowest BCUT2D eigenvalue weighted by Crippen LogP contribution is -2.35. The van der Waals surface area contributed by atoms with Gasteiger partial charge in [-0.2, -0.15) is 4.98 Å². The van der Waals surface area contributed by atoms with Crippen LogP contribution in [0.3, 0.4) is 0 Å². The lowest BCUT2D eigenvalue weighted by atomic mass is 10.1. The second-order valence-corrected chi connectivity index (χ2v) is 7.00. The van der Waals surface area contributed by atoms with Gasteiger partial charge in [-0.25, -0.2) is 4.98 Å². The standard InChI is InChI=1S/C17H20N6OS/c1-11-9-15(23-24-11)21-17-19-10-13(14-3-2-8-25-14)16(22-17)20-12-4-6-18-7-5-12/h2-3,8-10,12,18H,4-7H2,1H3,(H2,19,20,21,22,23). The van der Waals surface area contributed by atoms with E-state index < -0.39 is 0 Å². The summed E-state index contributed by atoms with van der Waals surface area (Å²) in [7, 11) is 0. The molecule has 1 aliphatic rings. The number of rotatable bonds is 5. The molecular weight excluding hydrogens is 336 g/mol. The first kappa shape index (κ1) is 16.0. The molecule has 0 spiro atoms. The van der Waals surface area contributed by atoms with Crippen LogP contribution in [0.4, 0.5) is 17.6 Å². The maximum atomic E-state index is 5.08. The van der Waals surface area contributed by atoms with Crippen molar-refractivity contribution in [2.24, 2.45) is 0 Å². The summed E-state index contributed by atoms with van der Waals surface area (Å²) >= 11 is 1.69. The molecule has 0 radical (unpaired) electrons. The van der Waals surface area contributed by atoms with E-state index >= 15 is 0 Å². The number of thiophene rings is 1. The average molecular weight is 356 g/mol. The molecule has 25 heavy (non-hydrogen) atoms. The van der Waals surface area contributed by atoms with Crippen molar-refractivity contribution in [3.05, 3.63) is 35.5 Å². The van der Waals surface area contributed by atoms with Gasteiger partial charge in [0.2, 0.25) is 5.95 Å². The van der Waals surface area contributed by atoms with Crippen LogP contribution in [0, 0.1) is 6.92 Å². The Bertz CT molecular complexity index is 826. The van der Waals surface area contributed by atoms with Crippen molar-refractivity contribution in [1.82, 2.24) is 20.4 Å². The average Bonchev–Trinajstić information content (AvgIpc) is 3.28. The van der Waals surface area contributed by atoms with Crippen LogP contribution >= 0.6 is 11.3 Å². The zero-order valence-corrected chi connectivity index (χ0v) is 14.8. The summed E-state index contributed by atoms with van der Waals surface area (Å²) in [6.07, 6.45) is 4.02. The highest BCUT2D eigenvalue weighted by molar-refractivity contribution is 7.13. The third kappa shape index (κ3) is 3.80. The minimum atomic E-state index is 0.414. The summed E-state index contributed by atoms with van der Waals surface area (Å²) in [6.45, 7) is 3.91. The molecule has 1 fully saturated rings. The van der Waals surface area contributed by atoms with Crippen LogP contribution in [0.1, 0.15) is 18.6 Å². The van der Waals surface area contributed by atoms with Crippen LogP contribution in [-0.4, -0.2) is 34.3 Å². The predicted molar refractivity (Wildman–Crippen MR) is 99.4 cm³/mol. The lowest BCUT2D eigenvalue weighted by Gasteiger charge is -2.25. The summed E-state index contributed by atoms with van der Waals surface area (Å²) in [5.74, 6) is 2.71. The van der Waals surface area contributed by atoms with Crippen molar-refractivity contribution in [3.63, 3.8) is 0 Å². The highest BCUT2D eigenvalue weighted by Gasteiger charge is 2.17. The van der Waals surface area contributed by atoms with Gasteiger partial charge in [-0.15, -0.1) is 11.3 Å². The Morgan fingerprint density at radius 2 is 2.20 bits per heavy atom. The normalized spacial score (nSPS) is 15.2. The fourth-order valence-electron chi connectivity index (χ4n) is 2.86. The van der Waals surface area contributed by atoms with Crippen molar-refractivity contribution in [3.8, 4) is 10.4 Å². The van der Waals surface area contributed by atoms with Crippen molar-refractivity contribution < 1.29 is 4.52 Å². The molecule has 4 heterocycles. The Morgan fingerprint density at radius 3 is 2.92 bits per heavy atom. The van der Waals surface area contributed by atoms with E-state index in [9.17, 15) is 0 Å². The fourth-order valence-corrected chi connectivity index (χ4v) is 3.60. The Kier molecular flexibility index (Phi) is 4.62. The summed E-state index contributed by atoms with van der Waals surface area (Å²) in [5, 5.41) is 16.1. The van der Waals surface area contributed by atoms with Crippen LogP contribution in [0.5, 0.6) is 0 Å². The Labute approximate surface area is 149 Å². The van der Waals surface area contributed by atoms with Gasteiger partial charge in [-0.3, -0.25) is 0 Å². The van der Waals surface area contributed by atoms with E-state index in [0.29, 0.717) is 17.8 Å². The number of anilines is 3. The van der Waals surface area contributed by atoms with Crippen LogP contribution in [-0.2, 0) is 0 Å². The molecule has 7 nitrogen and oxygen atoms in total. The molecule has 0 amide bonds. The summed E-state index contributed by atoms with van der Waals surface area (Å²) in [4.78, 5) is 10.3. The Morgan fingerprint density at radius 1 is 1.32 bits per heavy atom. The molecular formula is C17H20N6OS. The molecule has 0 aliphatic carbocycles. The van der Waals surface area contributed by atoms with Gasteiger partial charge in [0.05, 0.1) is 5.56 Å². The lowest BCUT2D eigenvalue weighted by molar-refractivity contribution is 0.400. The van der Waals surface area contributed by atoms with Crippen LogP contribution < -0.4 is 16.0 Å². The molecule has 4 rings (SSSR count). The SMILES string of the molecule is Cc1cc(Nc2ncc(-c3cccs3)c(NC3CCNCC3)n2)no1. The smallest absolute Gasteiger partial charge is 0.230 e. The van der Waals surface area contributed by atoms with Crippen molar-refractivity contribution in [2.45, 2.75) is 25.8 Å². The molecule has 1 saturated heterocycles. The van der Waals surface area contributed by atoms with Crippen LogP contribution in [0.2, 0.25) is 0 Å². The van der Waals surface area contributed by atoms with Gasteiger partial charge >= 0.3 is 0 Å². The molecule has 8 heteroatoms. The van der Waals surface area contributed by atoms with E-state index in [1.807, 2.05) is 25.3 Å². The van der Waals surface area contributed by atoms with Crippen molar-refractivity contribution in [2.75, 3.05) is 23.7 Å². The summed E-state index contributed by atoms with van der Waals surface area (Å²) < 4.78 is 5.08. The van der Waals surface area contributed by atoms with E-state index in [1.165, 1.54) is 0 Å². The minimum Gasteiger partial charge on any atom is -0.367 e. The molecule has 3 N–H and O–H groups in total. The van der Waals surface area contributed by atoms with Gasteiger partial charge in [0.1, 0.15) is 11.6 Å². The van der Waals surface area contributed by atoms with Gasteiger partial charge < -0.3 is 20.5 Å². The molecule has 3 aromatic heterocycles. The monoisotopic (exact) mass is 356 g/mol. The summed E-state index contributed by atoms with van der Waals surface area (Å²) in [6, 6.07) is 6.36. The summed E-state index contributed by atoms with van der Waals surface area (Å²) in [5.41, 5.74) is 1.02. The first-order chi connectivity index (χ1) is 12.3. The van der Waals surface area contributed by atoms with E-state index in [-0.39, 0.29) is 0 Å². The van der Waals surface area contributed by atoms with Gasteiger partial charge in [-0.1, -0.05) is 11.2 Å². The largest absolute Gasteiger partial charge is 0.367 e. The Balaban J connectivity index is 1.62. The number of hydrogen-bond acceptors (Lipinski definition) is 8. The quantitative estimate of drug-likeness (QED) is 0.645. The first-order valence-corrected chi connectivity index (χ1v) is 9.24. The van der Waals surface area contributed by atoms with Gasteiger partial charge in [0, 0.05) is 23.2 Å². The maximum Gasteiger partial charge on any atom is 0.230 e. The molecule has 130 valence electrons. The molecule has 1 aliphatic heterocycles. The fraction of sp³-hybridized carbons (Fsp3) is 0.353. The molecule has 0 saturated carbocycles. The van der Waals surface area contributed by atoms with Crippen LogP contribution in [0.25, 0.3) is 10.4 Å². The van der Waals surface area contributed by atoms with Crippen molar-refractivity contribution in [1.29, 1.82) is 0 Å². The number of aryl methyl sites for hydroxylation is 1. The van der Waals surface area contributed by atoms with E-state index in [2.05, 4.69) is 37.5 Å². The number of hydrogen-bond donors (Lipinski definition) is 3. The third-order valence-corrected chi connectivity index (χ3v) is 5.03. The topological polar surface area (TPSA) is 87.9 Å². The van der Waals surface area contributed by atoms with E-state index in [0.717, 1.165) is 47.9 Å². The molecule has 0 aromatic carbocycles. The van der Waals surface area contributed by atoms with Crippen molar-refractivity contribution >= 4 is 28.9 Å². The van der Waals surface area contributed by atoms with Gasteiger partial charge in [0.15, 0.2) is 5.82 Å². The zero-order valence-electron chi connectivity index (χ0n) is 14.0. The molecule has 3 aromatic rings. The van der Waals surface area contributed by atoms with Gasteiger partial charge in [-0.05, 0) is 44.3 Å². The first-order valence-electron chi connectivity index (χ1n) is 8.36.